The number of likely N-dealkylation sites (tertiary alicyclic amines) is 1. The van der Waals surface area contributed by atoms with Gasteiger partial charge in [0.2, 0.25) is 5.13 Å². The molecule has 0 unspecified atom stereocenters. The molecule has 1 saturated heterocycles. The number of hydrogen-bond acceptors (Lipinski definition) is 7. The zero-order chi connectivity index (χ0) is 18.1. The molecule has 0 amide bonds. The van der Waals surface area contributed by atoms with Gasteiger partial charge in [-0.05, 0) is 56.7 Å². The van der Waals surface area contributed by atoms with Crippen LogP contribution in [0.4, 0.5) is 5.13 Å². The van der Waals surface area contributed by atoms with Crippen molar-refractivity contribution in [1.29, 1.82) is 0 Å². The highest BCUT2D eigenvalue weighted by molar-refractivity contribution is 7.09. The maximum atomic E-state index is 12.3. The third kappa shape index (κ3) is 3.81. The normalized spacial score (nSPS) is 18.2. The zero-order valence-corrected chi connectivity index (χ0v) is 16.3. The van der Waals surface area contributed by atoms with Crippen LogP contribution in [-0.2, 0) is 25.9 Å². The lowest BCUT2D eigenvalue weighted by molar-refractivity contribution is 0.160. The SMILES string of the molecule is CN(C)c1nc(CN2CCC(Cn3nc4c(cc3=O)CCC4)CC2)ns1. The molecule has 0 N–H and O–H groups in total. The highest BCUT2D eigenvalue weighted by atomic mass is 32.1. The lowest BCUT2D eigenvalue weighted by Crippen LogP contribution is -2.36. The van der Waals surface area contributed by atoms with Gasteiger partial charge in [-0.25, -0.2) is 9.67 Å². The van der Waals surface area contributed by atoms with E-state index in [9.17, 15) is 4.79 Å². The average molecular weight is 375 g/mol. The lowest BCUT2D eigenvalue weighted by atomic mass is 9.97. The molecule has 0 aromatic carbocycles. The van der Waals surface area contributed by atoms with Crippen LogP contribution in [0.25, 0.3) is 0 Å². The summed E-state index contributed by atoms with van der Waals surface area (Å²) < 4.78 is 6.16. The van der Waals surface area contributed by atoms with Crippen LogP contribution < -0.4 is 10.5 Å². The van der Waals surface area contributed by atoms with Gasteiger partial charge < -0.3 is 4.90 Å². The van der Waals surface area contributed by atoms with E-state index in [2.05, 4.69) is 19.4 Å². The Balaban J connectivity index is 1.32. The van der Waals surface area contributed by atoms with Crippen molar-refractivity contribution >= 4 is 16.7 Å². The number of fused-ring (bicyclic) bond motifs is 1. The first-order valence-electron chi connectivity index (χ1n) is 9.40. The molecule has 3 heterocycles. The number of nitrogens with zero attached hydrogens (tertiary/aromatic N) is 6. The molecule has 0 bridgehead atoms. The van der Waals surface area contributed by atoms with Crippen molar-refractivity contribution in [1.82, 2.24) is 24.0 Å². The molecule has 140 valence electrons. The van der Waals surface area contributed by atoms with Gasteiger partial charge in [-0.2, -0.15) is 9.47 Å². The zero-order valence-electron chi connectivity index (χ0n) is 15.5. The fourth-order valence-corrected chi connectivity index (χ4v) is 4.43. The second-order valence-corrected chi connectivity index (χ2v) is 8.33. The predicted octanol–water partition coefficient (Wildman–Crippen LogP) is 1.56. The first-order valence-corrected chi connectivity index (χ1v) is 10.2. The van der Waals surface area contributed by atoms with Crippen LogP contribution in [0.3, 0.4) is 0 Å². The third-order valence-electron chi connectivity index (χ3n) is 5.37. The number of piperidine rings is 1. The number of aromatic nitrogens is 4. The topological polar surface area (TPSA) is 67.2 Å². The van der Waals surface area contributed by atoms with E-state index >= 15 is 0 Å². The van der Waals surface area contributed by atoms with E-state index in [1.807, 2.05) is 19.0 Å². The molecule has 7 nitrogen and oxygen atoms in total. The van der Waals surface area contributed by atoms with E-state index < -0.39 is 0 Å². The fourth-order valence-electron chi connectivity index (χ4n) is 3.83. The van der Waals surface area contributed by atoms with Crippen molar-refractivity contribution in [3.63, 3.8) is 0 Å². The molecule has 0 radical (unpaired) electrons. The maximum absolute atomic E-state index is 12.3. The molecular weight excluding hydrogens is 348 g/mol. The summed E-state index contributed by atoms with van der Waals surface area (Å²) in [5, 5.41) is 5.58. The number of aryl methyl sites for hydroxylation is 2. The molecule has 1 fully saturated rings. The molecule has 1 aliphatic carbocycles. The highest BCUT2D eigenvalue weighted by Gasteiger charge is 2.22. The van der Waals surface area contributed by atoms with Gasteiger partial charge >= 0.3 is 0 Å². The smallest absolute Gasteiger partial charge is 0.267 e. The third-order valence-corrected chi connectivity index (χ3v) is 6.29. The molecule has 0 spiro atoms. The number of anilines is 1. The van der Waals surface area contributed by atoms with Crippen molar-refractivity contribution in [3.05, 3.63) is 33.5 Å². The van der Waals surface area contributed by atoms with Gasteiger partial charge in [0.1, 0.15) is 0 Å². The number of rotatable bonds is 5. The summed E-state index contributed by atoms with van der Waals surface area (Å²) in [4.78, 5) is 21.3. The van der Waals surface area contributed by atoms with Crippen molar-refractivity contribution in [2.45, 2.75) is 45.2 Å². The summed E-state index contributed by atoms with van der Waals surface area (Å²) in [6, 6.07) is 1.81. The minimum Gasteiger partial charge on any atom is -0.353 e. The molecular formula is C18H26N6OS. The van der Waals surface area contributed by atoms with Crippen LogP contribution in [0.1, 0.15) is 36.3 Å². The largest absolute Gasteiger partial charge is 0.353 e. The van der Waals surface area contributed by atoms with E-state index in [1.165, 1.54) is 11.5 Å². The van der Waals surface area contributed by atoms with Crippen molar-refractivity contribution < 1.29 is 0 Å². The first kappa shape index (κ1) is 17.6. The van der Waals surface area contributed by atoms with Gasteiger partial charge in [0.25, 0.3) is 5.56 Å². The Bertz CT molecular complexity index is 821. The Morgan fingerprint density at radius 1 is 1.27 bits per heavy atom. The van der Waals surface area contributed by atoms with E-state index in [-0.39, 0.29) is 5.56 Å². The quantitative estimate of drug-likeness (QED) is 0.791. The van der Waals surface area contributed by atoms with E-state index in [1.54, 1.807) is 10.7 Å². The molecule has 2 aromatic heterocycles. The molecule has 2 aromatic rings. The van der Waals surface area contributed by atoms with E-state index in [0.717, 1.165) is 80.5 Å². The summed E-state index contributed by atoms with van der Waals surface area (Å²) in [5.74, 6) is 1.44. The van der Waals surface area contributed by atoms with Gasteiger partial charge in [0.05, 0.1) is 12.2 Å². The van der Waals surface area contributed by atoms with Crippen molar-refractivity contribution in [2.24, 2.45) is 5.92 Å². The minimum atomic E-state index is 0.0657. The van der Waals surface area contributed by atoms with E-state index in [0.29, 0.717) is 5.92 Å². The Kier molecular flexibility index (Phi) is 5.04. The summed E-state index contributed by atoms with van der Waals surface area (Å²) in [6.45, 7) is 3.62. The van der Waals surface area contributed by atoms with Crippen LogP contribution >= 0.6 is 11.5 Å². The average Bonchev–Trinajstić information content (AvgIpc) is 3.26. The molecule has 8 heteroatoms. The Labute approximate surface area is 157 Å². The number of hydrogen-bond donors (Lipinski definition) is 0. The van der Waals surface area contributed by atoms with Gasteiger partial charge in [0, 0.05) is 38.2 Å². The van der Waals surface area contributed by atoms with Crippen LogP contribution in [0.2, 0.25) is 0 Å². The van der Waals surface area contributed by atoms with Gasteiger partial charge in [0.15, 0.2) is 5.82 Å². The maximum Gasteiger partial charge on any atom is 0.267 e. The molecule has 2 aliphatic rings. The van der Waals surface area contributed by atoms with Crippen molar-refractivity contribution in [2.75, 3.05) is 32.1 Å². The van der Waals surface area contributed by atoms with Crippen molar-refractivity contribution in [3.8, 4) is 0 Å². The molecule has 26 heavy (non-hydrogen) atoms. The van der Waals surface area contributed by atoms with E-state index in [4.69, 9.17) is 0 Å². The minimum absolute atomic E-state index is 0.0657. The van der Waals surface area contributed by atoms with Crippen LogP contribution in [0, 0.1) is 5.92 Å². The molecule has 0 atom stereocenters. The van der Waals surface area contributed by atoms with Gasteiger partial charge in [-0.3, -0.25) is 9.69 Å². The second-order valence-electron chi connectivity index (χ2n) is 7.60. The summed E-state index contributed by atoms with van der Waals surface area (Å²) in [5.41, 5.74) is 2.36. The Morgan fingerprint density at radius 2 is 2.08 bits per heavy atom. The van der Waals surface area contributed by atoms with Gasteiger partial charge in [-0.1, -0.05) is 0 Å². The van der Waals surface area contributed by atoms with Crippen LogP contribution in [0.5, 0.6) is 0 Å². The fraction of sp³-hybridized carbons (Fsp3) is 0.667. The molecule has 0 saturated carbocycles. The predicted molar refractivity (Wildman–Crippen MR) is 103 cm³/mol. The Morgan fingerprint density at radius 3 is 2.81 bits per heavy atom. The Hall–Kier alpha value is -1.80. The lowest BCUT2D eigenvalue weighted by Gasteiger charge is -2.31. The van der Waals surface area contributed by atoms with Crippen LogP contribution in [-0.4, -0.2) is 51.2 Å². The first-order chi connectivity index (χ1) is 12.6. The second kappa shape index (κ2) is 7.44. The molecule has 1 aliphatic heterocycles. The standard InChI is InChI=1S/C18H26N6OS/c1-22(2)18-19-16(21-26-18)12-23-8-6-13(7-9-23)11-24-17(25)10-14-4-3-5-15(14)20-24/h10,13H,3-9,11-12H2,1-2H3. The monoisotopic (exact) mass is 374 g/mol. The van der Waals surface area contributed by atoms with Crippen LogP contribution in [0.15, 0.2) is 10.9 Å². The summed E-state index contributed by atoms with van der Waals surface area (Å²) in [6.07, 6.45) is 5.34. The highest BCUT2D eigenvalue weighted by Crippen LogP contribution is 2.22. The summed E-state index contributed by atoms with van der Waals surface area (Å²) in [7, 11) is 3.98. The summed E-state index contributed by atoms with van der Waals surface area (Å²) >= 11 is 1.45. The molecule has 4 rings (SSSR count). The van der Waals surface area contributed by atoms with Gasteiger partial charge in [-0.15, -0.1) is 0 Å².